The molecule has 1 aromatic heterocycles. The summed E-state index contributed by atoms with van der Waals surface area (Å²) in [5.41, 5.74) is 3.52. The fraction of sp³-hybridized carbons (Fsp3) is 0.190. The molecular weight excluding hydrogens is 342 g/mol. The van der Waals surface area contributed by atoms with Gasteiger partial charge in [0.15, 0.2) is 0 Å². The van der Waals surface area contributed by atoms with E-state index in [-0.39, 0.29) is 11.3 Å². The molecular formula is C21H21N3O3. The predicted molar refractivity (Wildman–Crippen MR) is 104 cm³/mol. The zero-order valence-corrected chi connectivity index (χ0v) is 15.5. The first kappa shape index (κ1) is 18.4. The van der Waals surface area contributed by atoms with Crippen molar-refractivity contribution in [3.8, 4) is 5.75 Å². The molecule has 27 heavy (non-hydrogen) atoms. The number of carbonyl (C=O) groups is 1. The van der Waals surface area contributed by atoms with E-state index in [0.29, 0.717) is 18.0 Å². The lowest BCUT2D eigenvalue weighted by molar-refractivity contribution is 0.101. The lowest BCUT2D eigenvalue weighted by atomic mass is 10.1. The molecule has 3 aromatic rings. The van der Waals surface area contributed by atoms with Crippen LogP contribution in [0.3, 0.4) is 0 Å². The number of anilines is 1. The number of aromatic nitrogens is 2. The highest BCUT2D eigenvalue weighted by Crippen LogP contribution is 2.25. The second-order valence-electron chi connectivity index (χ2n) is 6.36. The molecule has 2 aromatic carbocycles. The van der Waals surface area contributed by atoms with Crippen molar-refractivity contribution in [3.05, 3.63) is 87.3 Å². The lowest BCUT2D eigenvalue weighted by Crippen LogP contribution is -2.26. The molecule has 138 valence electrons. The van der Waals surface area contributed by atoms with Gasteiger partial charge in [0.25, 0.3) is 11.5 Å². The quantitative estimate of drug-likeness (QED) is 0.756. The summed E-state index contributed by atoms with van der Waals surface area (Å²) in [6, 6.07) is 16.1. The molecule has 1 amide bonds. The van der Waals surface area contributed by atoms with Crippen molar-refractivity contribution in [2.24, 2.45) is 0 Å². The van der Waals surface area contributed by atoms with Crippen LogP contribution in [-0.4, -0.2) is 22.8 Å². The largest absolute Gasteiger partial charge is 0.495 e. The Morgan fingerprint density at radius 1 is 1.04 bits per heavy atom. The van der Waals surface area contributed by atoms with E-state index in [1.807, 2.05) is 50.2 Å². The zero-order valence-electron chi connectivity index (χ0n) is 15.5. The second-order valence-corrected chi connectivity index (χ2v) is 6.36. The van der Waals surface area contributed by atoms with Crippen LogP contribution >= 0.6 is 0 Å². The Morgan fingerprint density at radius 2 is 1.74 bits per heavy atom. The summed E-state index contributed by atoms with van der Waals surface area (Å²) in [6.07, 6.45) is 0. The number of rotatable bonds is 5. The van der Waals surface area contributed by atoms with Crippen LogP contribution in [0.25, 0.3) is 0 Å². The number of aryl methyl sites for hydroxylation is 2. The molecule has 0 radical (unpaired) electrons. The molecule has 0 aliphatic heterocycles. The number of benzene rings is 2. The highest BCUT2D eigenvalue weighted by Gasteiger charge is 2.13. The predicted octanol–water partition coefficient (Wildman–Crippen LogP) is 3.17. The molecule has 3 rings (SSSR count). The highest BCUT2D eigenvalue weighted by atomic mass is 16.5. The van der Waals surface area contributed by atoms with E-state index in [4.69, 9.17) is 4.74 Å². The molecule has 0 spiro atoms. The van der Waals surface area contributed by atoms with E-state index in [0.717, 1.165) is 16.7 Å². The Hall–Kier alpha value is -3.41. The Morgan fingerprint density at radius 3 is 2.44 bits per heavy atom. The summed E-state index contributed by atoms with van der Waals surface area (Å²) in [7, 11) is 1.54. The number of nitrogens with zero attached hydrogens (tertiary/aromatic N) is 2. The number of ether oxygens (including phenoxy) is 1. The van der Waals surface area contributed by atoms with Gasteiger partial charge in [-0.05, 0) is 43.2 Å². The van der Waals surface area contributed by atoms with E-state index < -0.39 is 5.91 Å². The SMILES string of the molecule is COc1ccc(C)cc1NC(=O)c1ccc(=O)n(Cc2ccc(C)cc2)n1. The monoisotopic (exact) mass is 363 g/mol. The number of hydrogen-bond acceptors (Lipinski definition) is 4. The Bertz CT molecular complexity index is 1020. The van der Waals surface area contributed by atoms with Crippen LogP contribution in [-0.2, 0) is 6.54 Å². The van der Waals surface area contributed by atoms with Gasteiger partial charge in [0.2, 0.25) is 0 Å². The highest BCUT2D eigenvalue weighted by molar-refractivity contribution is 6.03. The summed E-state index contributed by atoms with van der Waals surface area (Å²) in [5.74, 6) is 0.151. The van der Waals surface area contributed by atoms with Crippen LogP contribution in [0.1, 0.15) is 27.2 Å². The third-order valence-corrected chi connectivity index (χ3v) is 4.16. The van der Waals surface area contributed by atoms with E-state index >= 15 is 0 Å². The van der Waals surface area contributed by atoms with Crippen molar-refractivity contribution < 1.29 is 9.53 Å². The summed E-state index contributed by atoms with van der Waals surface area (Å²) < 4.78 is 6.56. The van der Waals surface area contributed by atoms with Crippen LogP contribution in [0.4, 0.5) is 5.69 Å². The normalized spacial score (nSPS) is 10.5. The average Bonchev–Trinajstić information content (AvgIpc) is 2.65. The van der Waals surface area contributed by atoms with Crippen molar-refractivity contribution in [1.82, 2.24) is 9.78 Å². The number of methoxy groups -OCH3 is 1. The van der Waals surface area contributed by atoms with Gasteiger partial charge in [0, 0.05) is 6.07 Å². The molecule has 0 atom stereocenters. The maximum Gasteiger partial charge on any atom is 0.276 e. The topological polar surface area (TPSA) is 73.2 Å². The van der Waals surface area contributed by atoms with E-state index in [1.54, 1.807) is 13.2 Å². The van der Waals surface area contributed by atoms with E-state index in [1.165, 1.54) is 16.8 Å². The van der Waals surface area contributed by atoms with E-state index in [9.17, 15) is 9.59 Å². The van der Waals surface area contributed by atoms with Crippen molar-refractivity contribution in [2.75, 3.05) is 12.4 Å². The van der Waals surface area contributed by atoms with Crippen LogP contribution < -0.4 is 15.6 Å². The fourth-order valence-electron chi connectivity index (χ4n) is 2.66. The smallest absolute Gasteiger partial charge is 0.276 e. The third kappa shape index (κ3) is 4.41. The molecule has 0 fully saturated rings. The van der Waals surface area contributed by atoms with Crippen LogP contribution in [0.5, 0.6) is 5.75 Å². The molecule has 0 aliphatic rings. The average molecular weight is 363 g/mol. The molecule has 0 saturated carbocycles. The van der Waals surface area contributed by atoms with Gasteiger partial charge in [-0.2, -0.15) is 5.10 Å². The molecule has 1 heterocycles. The third-order valence-electron chi connectivity index (χ3n) is 4.16. The molecule has 0 unspecified atom stereocenters. The molecule has 6 nitrogen and oxygen atoms in total. The zero-order chi connectivity index (χ0) is 19.4. The molecule has 6 heteroatoms. The summed E-state index contributed by atoms with van der Waals surface area (Å²) in [4.78, 5) is 24.7. The van der Waals surface area contributed by atoms with Gasteiger partial charge < -0.3 is 10.1 Å². The van der Waals surface area contributed by atoms with Gasteiger partial charge in [0.1, 0.15) is 11.4 Å². The van der Waals surface area contributed by atoms with Crippen molar-refractivity contribution in [1.29, 1.82) is 0 Å². The maximum absolute atomic E-state index is 12.6. The van der Waals surface area contributed by atoms with Crippen molar-refractivity contribution >= 4 is 11.6 Å². The van der Waals surface area contributed by atoms with Gasteiger partial charge in [-0.15, -0.1) is 0 Å². The van der Waals surface area contributed by atoms with Gasteiger partial charge >= 0.3 is 0 Å². The molecule has 0 bridgehead atoms. The van der Waals surface area contributed by atoms with Crippen LogP contribution in [0, 0.1) is 13.8 Å². The van der Waals surface area contributed by atoms with Gasteiger partial charge in [0.05, 0.1) is 19.3 Å². The molecule has 0 saturated heterocycles. The van der Waals surface area contributed by atoms with Crippen molar-refractivity contribution in [2.45, 2.75) is 20.4 Å². The Kier molecular flexibility index (Phi) is 5.35. The number of carbonyl (C=O) groups excluding carboxylic acids is 1. The molecule has 0 aliphatic carbocycles. The second kappa shape index (κ2) is 7.86. The Labute approximate surface area is 157 Å². The van der Waals surface area contributed by atoms with Gasteiger partial charge in [-0.3, -0.25) is 9.59 Å². The van der Waals surface area contributed by atoms with Gasteiger partial charge in [-0.1, -0.05) is 35.9 Å². The maximum atomic E-state index is 12.6. The number of nitrogens with one attached hydrogen (secondary N) is 1. The minimum Gasteiger partial charge on any atom is -0.495 e. The minimum absolute atomic E-state index is 0.158. The number of amides is 1. The van der Waals surface area contributed by atoms with Gasteiger partial charge in [-0.25, -0.2) is 4.68 Å². The standard InChI is InChI=1S/C21H21N3O3/c1-14-4-7-16(8-5-14)13-24-20(25)11-9-17(23-24)21(26)22-18-12-15(2)6-10-19(18)27-3/h4-12H,13H2,1-3H3,(H,22,26). The first-order valence-corrected chi connectivity index (χ1v) is 8.56. The Balaban J connectivity index is 1.85. The summed E-state index contributed by atoms with van der Waals surface area (Å²) >= 11 is 0. The number of hydrogen-bond donors (Lipinski definition) is 1. The fourth-order valence-corrected chi connectivity index (χ4v) is 2.66. The summed E-state index contributed by atoms with van der Waals surface area (Å²) in [6.45, 7) is 4.22. The first-order chi connectivity index (χ1) is 13.0. The lowest BCUT2D eigenvalue weighted by Gasteiger charge is -2.11. The minimum atomic E-state index is -0.406. The van der Waals surface area contributed by atoms with E-state index in [2.05, 4.69) is 10.4 Å². The molecule has 1 N–H and O–H groups in total. The van der Waals surface area contributed by atoms with Crippen molar-refractivity contribution in [3.63, 3.8) is 0 Å². The van der Waals surface area contributed by atoms with Crippen LogP contribution in [0.2, 0.25) is 0 Å². The van der Waals surface area contributed by atoms with Crippen LogP contribution in [0.15, 0.2) is 59.4 Å². The first-order valence-electron chi connectivity index (χ1n) is 8.56. The summed E-state index contributed by atoms with van der Waals surface area (Å²) in [5, 5.41) is 7.01.